The SMILES string of the molecule is COCCn1ncc(Cl)c1C(N)c1cscn1. The van der Waals surface area contributed by atoms with Gasteiger partial charge >= 0.3 is 0 Å². The molecule has 5 nitrogen and oxygen atoms in total. The molecule has 2 aromatic heterocycles. The summed E-state index contributed by atoms with van der Waals surface area (Å²) in [6.07, 6.45) is 1.60. The van der Waals surface area contributed by atoms with Crippen LogP contribution in [0.4, 0.5) is 0 Å². The maximum atomic E-state index is 6.14. The number of hydrogen-bond acceptors (Lipinski definition) is 5. The lowest BCUT2D eigenvalue weighted by Crippen LogP contribution is -2.19. The first-order valence-electron chi connectivity index (χ1n) is 5.08. The number of methoxy groups -OCH3 is 1. The van der Waals surface area contributed by atoms with Crippen molar-refractivity contribution in [3.8, 4) is 0 Å². The molecule has 1 atom stereocenters. The van der Waals surface area contributed by atoms with Gasteiger partial charge in [0.2, 0.25) is 0 Å². The number of thiazole rings is 1. The van der Waals surface area contributed by atoms with E-state index in [-0.39, 0.29) is 6.04 Å². The normalized spacial score (nSPS) is 12.9. The smallest absolute Gasteiger partial charge is 0.0920 e. The molecule has 0 aromatic carbocycles. The number of aromatic nitrogens is 3. The van der Waals surface area contributed by atoms with Gasteiger partial charge in [-0.3, -0.25) is 4.68 Å². The van der Waals surface area contributed by atoms with E-state index in [0.717, 1.165) is 11.4 Å². The van der Waals surface area contributed by atoms with Crippen LogP contribution >= 0.6 is 22.9 Å². The fraction of sp³-hybridized carbons (Fsp3) is 0.400. The largest absolute Gasteiger partial charge is 0.383 e. The van der Waals surface area contributed by atoms with Gasteiger partial charge in [0.05, 0.1) is 47.3 Å². The van der Waals surface area contributed by atoms with Crippen LogP contribution in [0.5, 0.6) is 0 Å². The third kappa shape index (κ3) is 2.66. The predicted octanol–water partition coefficient (Wildman–Crippen LogP) is 1.69. The van der Waals surface area contributed by atoms with Crippen molar-refractivity contribution >= 4 is 22.9 Å². The Morgan fingerprint density at radius 3 is 3.12 bits per heavy atom. The Morgan fingerprint density at radius 1 is 1.65 bits per heavy atom. The zero-order valence-electron chi connectivity index (χ0n) is 9.34. The second-order valence-corrected chi connectivity index (χ2v) is 4.61. The van der Waals surface area contributed by atoms with E-state index in [0.29, 0.717) is 18.2 Å². The summed E-state index contributed by atoms with van der Waals surface area (Å²) in [5, 5.41) is 6.65. The van der Waals surface area contributed by atoms with E-state index in [1.54, 1.807) is 23.5 Å². The molecular weight excluding hydrogens is 260 g/mol. The van der Waals surface area contributed by atoms with Gasteiger partial charge in [0.15, 0.2) is 0 Å². The Kier molecular flexibility index (Phi) is 4.11. The number of nitrogens with zero attached hydrogens (tertiary/aromatic N) is 3. The van der Waals surface area contributed by atoms with E-state index in [4.69, 9.17) is 22.1 Å². The van der Waals surface area contributed by atoms with Crippen molar-refractivity contribution in [1.82, 2.24) is 14.8 Å². The van der Waals surface area contributed by atoms with Gasteiger partial charge in [-0.15, -0.1) is 11.3 Å². The maximum absolute atomic E-state index is 6.14. The molecule has 0 aliphatic rings. The Labute approximate surface area is 108 Å². The third-order valence-electron chi connectivity index (χ3n) is 2.41. The van der Waals surface area contributed by atoms with E-state index in [1.807, 2.05) is 5.38 Å². The predicted molar refractivity (Wildman–Crippen MR) is 67.3 cm³/mol. The summed E-state index contributed by atoms with van der Waals surface area (Å²) in [6, 6.07) is -0.354. The van der Waals surface area contributed by atoms with Gasteiger partial charge in [-0.25, -0.2) is 4.98 Å². The van der Waals surface area contributed by atoms with Crippen molar-refractivity contribution in [2.45, 2.75) is 12.6 Å². The van der Waals surface area contributed by atoms with Crippen molar-refractivity contribution in [1.29, 1.82) is 0 Å². The number of hydrogen-bond donors (Lipinski definition) is 1. The van der Waals surface area contributed by atoms with Crippen LogP contribution in [0.15, 0.2) is 17.1 Å². The highest BCUT2D eigenvalue weighted by atomic mass is 35.5. The van der Waals surface area contributed by atoms with E-state index in [9.17, 15) is 0 Å². The summed E-state index contributed by atoms with van der Waals surface area (Å²) in [7, 11) is 1.64. The molecule has 0 amide bonds. The fourth-order valence-corrected chi connectivity index (χ4v) is 2.40. The second kappa shape index (κ2) is 5.59. The van der Waals surface area contributed by atoms with Gasteiger partial charge in [-0.1, -0.05) is 11.6 Å². The van der Waals surface area contributed by atoms with Crippen LogP contribution in [-0.4, -0.2) is 28.5 Å². The molecule has 0 aliphatic heterocycles. The van der Waals surface area contributed by atoms with Crippen LogP contribution in [0.1, 0.15) is 17.4 Å². The van der Waals surface area contributed by atoms with Crippen molar-refractivity contribution in [3.05, 3.63) is 33.5 Å². The zero-order valence-corrected chi connectivity index (χ0v) is 10.9. The van der Waals surface area contributed by atoms with E-state index in [2.05, 4.69) is 10.1 Å². The van der Waals surface area contributed by atoms with Gasteiger partial charge in [0.25, 0.3) is 0 Å². The Hall–Kier alpha value is -0.950. The molecule has 0 saturated heterocycles. The maximum Gasteiger partial charge on any atom is 0.0920 e. The average Bonchev–Trinajstić information content (AvgIpc) is 2.95. The summed E-state index contributed by atoms with van der Waals surface area (Å²) in [5.41, 5.74) is 9.46. The van der Waals surface area contributed by atoms with Gasteiger partial charge in [-0.2, -0.15) is 5.10 Å². The highest BCUT2D eigenvalue weighted by Crippen LogP contribution is 2.26. The standard InChI is InChI=1S/C10H13ClN4OS/c1-16-3-2-15-10(7(11)4-14-15)9(12)8-5-17-6-13-8/h4-6,9H,2-3,12H2,1H3. The number of rotatable bonds is 5. The molecule has 7 heteroatoms. The quantitative estimate of drug-likeness (QED) is 0.899. The monoisotopic (exact) mass is 272 g/mol. The second-order valence-electron chi connectivity index (χ2n) is 3.48. The minimum atomic E-state index is -0.354. The van der Waals surface area contributed by atoms with Crippen LogP contribution in [-0.2, 0) is 11.3 Å². The Bertz CT molecular complexity index is 471. The number of halogens is 1. The van der Waals surface area contributed by atoms with Gasteiger partial charge in [0.1, 0.15) is 0 Å². The third-order valence-corrected chi connectivity index (χ3v) is 3.30. The Morgan fingerprint density at radius 2 is 2.47 bits per heavy atom. The Balaban J connectivity index is 2.27. The van der Waals surface area contributed by atoms with Crippen LogP contribution in [0.2, 0.25) is 5.02 Å². The molecule has 0 radical (unpaired) electrons. The zero-order chi connectivity index (χ0) is 12.3. The van der Waals surface area contributed by atoms with Crippen molar-refractivity contribution in [3.63, 3.8) is 0 Å². The van der Waals surface area contributed by atoms with Gasteiger partial charge < -0.3 is 10.5 Å². The molecule has 2 aromatic rings. The summed E-state index contributed by atoms with van der Waals surface area (Å²) in [6.45, 7) is 1.19. The molecule has 17 heavy (non-hydrogen) atoms. The summed E-state index contributed by atoms with van der Waals surface area (Å²) in [5.74, 6) is 0. The van der Waals surface area contributed by atoms with Crippen LogP contribution in [0.25, 0.3) is 0 Å². The van der Waals surface area contributed by atoms with Crippen molar-refractivity contribution in [2.24, 2.45) is 5.73 Å². The van der Waals surface area contributed by atoms with Gasteiger partial charge in [0, 0.05) is 12.5 Å². The first-order valence-corrected chi connectivity index (χ1v) is 6.40. The lowest BCUT2D eigenvalue weighted by molar-refractivity contribution is 0.182. The molecule has 0 saturated carbocycles. The fourth-order valence-electron chi connectivity index (χ4n) is 1.55. The topological polar surface area (TPSA) is 66.0 Å². The lowest BCUT2D eigenvalue weighted by Gasteiger charge is -2.12. The molecule has 2 N–H and O–H groups in total. The van der Waals surface area contributed by atoms with Crippen LogP contribution in [0.3, 0.4) is 0 Å². The molecule has 0 spiro atoms. The molecule has 92 valence electrons. The first-order chi connectivity index (χ1) is 8.24. The first kappa shape index (κ1) is 12.5. The molecule has 2 heterocycles. The number of nitrogens with two attached hydrogens (primary N) is 1. The number of ether oxygens (including phenoxy) is 1. The van der Waals surface area contributed by atoms with Crippen molar-refractivity contribution < 1.29 is 4.74 Å². The molecule has 0 fully saturated rings. The minimum absolute atomic E-state index is 0.354. The van der Waals surface area contributed by atoms with Crippen LogP contribution < -0.4 is 5.73 Å². The highest BCUT2D eigenvalue weighted by Gasteiger charge is 2.19. The van der Waals surface area contributed by atoms with Crippen molar-refractivity contribution in [2.75, 3.05) is 13.7 Å². The lowest BCUT2D eigenvalue weighted by atomic mass is 10.1. The summed E-state index contributed by atoms with van der Waals surface area (Å²) < 4.78 is 6.78. The molecule has 1 unspecified atom stereocenters. The minimum Gasteiger partial charge on any atom is -0.383 e. The van der Waals surface area contributed by atoms with E-state index < -0.39 is 0 Å². The van der Waals surface area contributed by atoms with E-state index in [1.165, 1.54) is 11.3 Å². The average molecular weight is 273 g/mol. The van der Waals surface area contributed by atoms with E-state index >= 15 is 0 Å². The molecule has 2 rings (SSSR count). The highest BCUT2D eigenvalue weighted by molar-refractivity contribution is 7.07. The molecule has 0 bridgehead atoms. The molecular formula is C10H13ClN4OS. The summed E-state index contributed by atoms with van der Waals surface area (Å²) in [4.78, 5) is 4.20. The van der Waals surface area contributed by atoms with Crippen LogP contribution in [0, 0.1) is 0 Å². The van der Waals surface area contributed by atoms with Gasteiger partial charge in [-0.05, 0) is 0 Å². The summed E-state index contributed by atoms with van der Waals surface area (Å²) >= 11 is 7.61. The molecule has 0 aliphatic carbocycles.